The molecule has 96 valence electrons. The highest BCUT2D eigenvalue weighted by Gasteiger charge is 2.23. The zero-order chi connectivity index (χ0) is 13.3. The zero-order valence-corrected chi connectivity index (χ0v) is 11.3. The standard InChI is InChI=1S/C11H15ClFNO2S/c1-11(2,14)7-17(15,16)6-8-5-9(12)3-4-10(8)13/h3-5H,6-7,14H2,1-2H3. The molecule has 0 amide bonds. The van der Waals surface area contributed by atoms with E-state index in [9.17, 15) is 12.8 Å². The normalized spacial score (nSPS) is 12.8. The first-order valence-electron chi connectivity index (χ1n) is 5.02. The van der Waals surface area contributed by atoms with E-state index in [0.717, 1.165) is 6.07 Å². The van der Waals surface area contributed by atoms with Gasteiger partial charge in [0.2, 0.25) is 0 Å². The molecule has 0 heterocycles. The lowest BCUT2D eigenvalue weighted by atomic mass is 10.1. The Hall–Kier alpha value is -0.650. The summed E-state index contributed by atoms with van der Waals surface area (Å²) in [6.07, 6.45) is 0. The predicted molar refractivity (Wildman–Crippen MR) is 67.2 cm³/mol. The molecule has 0 radical (unpaired) electrons. The second-order valence-electron chi connectivity index (χ2n) is 4.76. The topological polar surface area (TPSA) is 60.2 Å². The fourth-order valence-electron chi connectivity index (χ4n) is 1.51. The van der Waals surface area contributed by atoms with Gasteiger partial charge in [0.15, 0.2) is 9.84 Å². The second kappa shape index (κ2) is 4.92. The molecule has 1 aromatic carbocycles. The first kappa shape index (κ1) is 14.4. The lowest BCUT2D eigenvalue weighted by molar-refractivity contribution is 0.541. The number of hydrogen-bond acceptors (Lipinski definition) is 3. The van der Waals surface area contributed by atoms with Crippen LogP contribution in [0.15, 0.2) is 18.2 Å². The molecule has 1 aromatic rings. The summed E-state index contributed by atoms with van der Waals surface area (Å²) in [5, 5.41) is 0.309. The second-order valence-corrected chi connectivity index (χ2v) is 7.26. The summed E-state index contributed by atoms with van der Waals surface area (Å²) in [6.45, 7) is 3.22. The number of sulfone groups is 1. The van der Waals surface area contributed by atoms with Gasteiger partial charge < -0.3 is 5.73 Å². The maximum Gasteiger partial charge on any atom is 0.156 e. The molecule has 3 nitrogen and oxygen atoms in total. The highest BCUT2D eigenvalue weighted by atomic mass is 35.5. The van der Waals surface area contributed by atoms with Gasteiger partial charge >= 0.3 is 0 Å². The Morgan fingerprint density at radius 3 is 2.53 bits per heavy atom. The molecular formula is C11H15ClFNO2S. The molecule has 1 rings (SSSR count). The van der Waals surface area contributed by atoms with Gasteiger partial charge in [-0.05, 0) is 32.0 Å². The van der Waals surface area contributed by atoms with Gasteiger partial charge in [-0.1, -0.05) is 11.6 Å². The van der Waals surface area contributed by atoms with Gasteiger partial charge in [-0.25, -0.2) is 12.8 Å². The number of rotatable bonds is 4. The molecule has 0 fully saturated rings. The van der Waals surface area contributed by atoms with Crippen LogP contribution in [0, 0.1) is 5.82 Å². The van der Waals surface area contributed by atoms with Crippen molar-refractivity contribution in [1.29, 1.82) is 0 Å². The summed E-state index contributed by atoms with van der Waals surface area (Å²) in [6, 6.07) is 3.85. The fraction of sp³-hybridized carbons (Fsp3) is 0.455. The van der Waals surface area contributed by atoms with E-state index in [1.54, 1.807) is 13.8 Å². The Labute approximate surface area is 106 Å². The van der Waals surface area contributed by atoms with Gasteiger partial charge in [0.05, 0.1) is 11.5 Å². The van der Waals surface area contributed by atoms with Crippen LogP contribution in [0.4, 0.5) is 4.39 Å². The van der Waals surface area contributed by atoms with Crippen molar-refractivity contribution in [2.45, 2.75) is 25.1 Å². The summed E-state index contributed by atoms with van der Waals surface area (Å²) in [5.74, 6) is -1.17. The van der Waals surface area contributed by atoms with E-state index in [1.807, 2.05) is 0 Å². The Morgan fingerprint density at radius 1 is 1.41 bits per heavy atom. The van der Waals surface area contributed by atoms with E-state index < -0.39 is 21.2 Å². The van der Waals surface area contributed by atoms with Crippen molar-refractivity contribution in [2.24, 2.45) is 5.73 Å². The third kappa shape index (κ3) is 5.02. The third-order valence-electron chi connectivity index (χ3n) is 1.98. The van der Waals surface area contributed by atoms with Crippen LogP contribution in [0.25, 0.3) is 0 Å². The van der Waals surface area contributed by atoms with E-state index in [4.69, 9.17) is 17.3 Å². The minimum absolute atomic E-state index is 0.0711. The number of halogens is 2. The van der Waals surface area contributed by atoms with Crippen molar-refractivity contribution in [3.05, 3.63) is 34.6 Å². The summed E-state index contributed by atoms with van der Waals surface area (Å²) in [7, 11) is -3.46. The molecule has 0 saturated heterocycles. The van der Waals surface area contributed by atoms with Gasteiger partial charge in [0.25, 0.3) is 0 Å². The monoisotopic (exact) mass is 279 g/mol. The molecule has 2 N–H and O–H groups in total. The van der Waals surface area contributed by atoms with Crippen molar-refractivity contribution in [3.63, 3.8) is 0 Å². The van der Waals surface area contributed by atoms with Crippen LogP contribution in [0.5, 0.6) is 0 Å². The Bertz CT molecular complexity index is 509. The van der Waals surface area contributed by atoms with Crippen LogP contribution in [-0.2, 0) is 15.6 Å². The molecule has 0 atom stereocenters. The van der Waals surface area contributed by atoms with E-state index in [-0.39, 0.29) is 17.1 Å². The Balaban J connectivity index is 2.94. The fourth-order valence-corrected chi connectivity index (χ4v) is 3.63. The van der Waals surface area contributed by atoms with Crippen LogP contribution in [-0.4, -0.2) is 19.7 Å². The van der Waals surface area contributed by atoms with Crippen molar-refractivity contribution >= 4 is 21.4 Å². The maximum absolute atomic E-state index is 13.4. The quantitative estimate of drug-likeness (QED) is 0.918. The van der Waals surface area contributed by atoms with Gasteiger partial charge in [-0.15, -0.1) is 0 Å². The lowest BCUT2D eigenvalue weighted by Gasteiger charge is -2.18. The van der Waals surface area contributed by atoms with Crippen molar-refractivity contribution in [1.82, 2.24) is 0 Å². The van der Waals surface area contributed by atoms with Crippen LogP contribution in [0.2, 0.25) is 5.02 Å². The summed E-state index contributed by atoms with van der Waals surface area (Å²) >= 11 is 5.69. The largest absolute Gasteiger partial charge is 0.325 e. The molecule has 17 heavy (non-hydrogen) atoms. The van der Waals surface area contributed by atoms with Crippen LogP contribution < -0.4 is 5.73 Å². The van der Waals surface area contributed by atoms with Crippen molar-refractivity contribution in [2.75, 3.05) is 5.75 Å². The van der Waals surface area contributed by atoms with Gasteiger partial charge in [-0.2, -0.15) is 0 Å². The summed E-state index contributed by atoms with van der Waals surface area (Å²) in [5.41, 5.74) is 4.88. The first-order valence-corrected chi connectivity index (χ1v) is 7.22. The van der Waals surface area contributed by atoms with E-state index >= 15 is 0 Å². The molecule has 0 saturated carbocycles. The molecule has 0 aliphatic carbocycles. The average molecular weight is 280 g/mol. The Kier molecular flexibility index (Phi) is 4.17. The molecule has 0 bridgehead atoms. The Morgan fingerprint density at radius 2 is 2.00 bits per heavy atom. The number of nitrogens with two attached hydrogens (primary N) is 1. The third-order valence-corrected chi connectivity index (χ3v) is 4.14. The van der Waals surface area contributed by atoms with Gasteiger partial charge in [0.1, 0.15) is 5.82 Å². The van der Waals surface area contributed by atoms with Gasteiger partial charge in [-0.3, -0.25) is 0 Å². The van der Waals surface area contributed by atoms with E-state index in [0.29, 0.717) is 5.02 Å². The smallest absolute Gasteiger partial charge is 0.156 e. The molecular weight excluding hydrogens is 265 g/mol. The zero-order valence-electron chi connectivity index (χ0n) is 9.70. The SMILES string of the molecule is CC(C)(N)CS(=O)(=O)Cc1cc(Cl)ccc1F. The minimum atomic E-state index is -3.46. The van der Waals surface area contributed by atoms with E-state index in [2.05, 4.69) is 0 Å². The molecule has 0 aromatic heterocycles. The van der Waals surface area contributed by atoms with Crippen LogP contribution in [0.3, 0.4) is 0 Å². The van der Waals surface area contributed by atoms with Crippen LogP contribution in [0.1, 0.15) is 19.4 Å². The first-order chi connectivity index (χ1) is 7.59. The highest BCUT2D eigenvalue weighted by molar-refractivity contribution is 7.90. The van der Waals surface area contributed by atoms with Crippen molar-refractivity contribution in [3.8, 4) is 0 Å². The number of benzene rings is 1. The lowest BCUT2D eigenvalue weighted by Crippen LogP contribution is -2.40. The highest BCUT2D eigenvalue weighted by Crippen LogP contribution is 2.18. The van der Waals surface area contributed by atoms with Crippen molar-refractivity contribution < 1.29 is 12.8 Å². The maximum atomic E-state index is 13.4. The molecule has 0 spiro atoms. The number of hydrogen-bond donors (Lipinski definition) is 1. The summed E-state index contributed by atoms with van der Waals surface area (Å²) in [4.78, 5) is 0. The van der Waals surface area contributed by atoms with Crippen LogP contribution >= 0.6 is 11.6 Å². The van der Waals surface area contributed by atoms with Gasteiger partial charge in [0, 0.05) is 16.1 Å². The van der Waals surface area contributed by atoms with E-state index in [1.165, 1.54) is 12.1 Å². The molecule has 0 aliphatic heterocycles. The predicted octanol–water partition coefficient (Wildman–Crippen LogP) is 2.13. The minimum Gasteiger partial charge on any atom is -0.325 e. The molecule has 0 unspecified atom stereocenters. The average Bonchev–Trinajstić information content (AvgIpc) is 2.06. The summed E-state index contributed by atoms with van der Waals surface area (Å²) < 4.78 is 37.0. The molecule has 0 aliphatic rings. The molecule has 6 heteroatoms.